The smallest absolute Gasteiger partial charge is 0.0468 e. The van der Waals surface area contributed by atoms with Crippen molar-refractivity contribution in [3.8, 4) is 11.1 Å². The van der Waals surface area contributed by atoms with Crippen molar-refractivity contribution in [2.75, 3.05) is 4.90 Å². The Morgan fingerprint density at radius 3 is 1.83 bits per heavy atom. The van der Waals surface area contributed by atoms with Gasteiger partial charge in [-0.05, 0) is 109 Å². The molecule has 0 spiro atoms. The Labute approximate surface area is 282 Å². The van der Waals surface area contributed by atoms with E-state index in [4.69, 9.17) is 0 Å². The van der Waals surface area contributed by atoms with Gasteiger partial charge in [0.2, 0.25) is 0 Å². The van der Waals surface area contributed by atoms with E-state index in [2.05, 4.69) is 181 Å². The molecule has 2 heteroatoms. The third-order valence-electron chi connectivity index (χ3n) is 9.80. The Morgan fingerprint density at radius 1 is 0.333 bits per heavy atom. The molecule has 0 aliphatic heterocycles. The molecule has 0 atom stereocenters. The number of nitrogens with zero attached hydrogens (tertiary/aromatic N) is 1. The lowest BCUT2D eigenvalue weighted by Crippen LogP contribution is -2.09. The van der Waals surface area contributed by atoms with E-state index in [0.29, 0.717) is 0 Å². The minimum Gasteiger partial charge on any atom is -0.310 e. The summed E-state index contributed by atoms with van der Waals surface area (Å²) in [6.45, 7) is 0. The zero-order valence-electron chi connectivity index (χ0n) is 26.1. The van der Waals surface area contributed by atoms with Crippen LogP contribution in [0.3, 0.4) is 0 Å². The molecule has 0 aliphatic carbocycles. The Hall–Kier alpha value is -5.96. The molecule has 224 valence electrons. The molecule has 0 fully saturated rings. The van der Waals surface area contributed by atoms with Crippen molar-refractivity contribution in [1.82, 2.24) is 0 Å². The van der Waals surface area contributed by atoms with Crippen LogP contribution >= 0.6 is 11.3 Å². The van der Waals surface area contributed by atoms with Crippen molar-refractivity contribution >= 4 is 91.7 Å². The molecule has 0 radical (unpaired) electrons. The van der Waals surface area contributed by atoms with Gasteiger partial charge in [-0.15, -0.1) is 11.3 Å². The third kappa shape index (κ3) is 4.31. The van der Waals surface area contributed by atoms with Crippen molar-refractivity contribution in [1.29, 1.82) is 0 Å². The maximum absolute atomic E-state index is 2.37. The number of anilines is 3. The number of thiophene rings is 1. The SMILES string of the molecule is c1ccc(N(c2ccc(-c3cccc4c3ccc3ccc5ccccc5c34)cc2)c2ccc3sc4cc5ccccc5cc4c3c2)cc1. The van der Waals surface area contributed by atoms with E-state index >= 15 is 0 Å². The minimum absolute atomic E-state index is 1.13. The summed E-state index contributed by atoms with van der Waals surface area (Å²) in [6, 6.07) is 64.5. The first-order valence-corrected chi connectivity index (χ1v) is 17.2. The van der Waals surface area contributed by atoms with Crippen molar-refractivity contribution in [3.63, 3.8) is 0 Å². The molecular formula is C46H29NS. The quantitative estimate of drug-likeness (QED) is 0.176. The van der Waals surface area contributed by atoms with Crippen LogP contribution in [-0.2, 0) is 0 Å². The van der Waals surface area contributed by atoms with Gasteiger partial charge in [0.25, 0.3) is 0 Å². The molecule has 1 aromatic heterocycles. The molecule has 48 heavy (non-hydrogen) atoms. The van der Waals surface area contributed by atoms with Crippen molar-refractivity contribution in [2.24, 2.45) is 0 Å². The average molecular weight is 628 g/mol. The summed E-state index contributed by atoms with van der Waals surface area (Å²) in [5, 5.41) is 12.9. The van der Waals surface area contributed by atoms with Crippen LogP contribution in [0.25, 0.3) is 74.4 Å². The molecule has 10 rings (SSSR count). The van der Waals surface area contributed by atoms with Crippen LogP contribution < -0.4 is 4.90 Å². The summed E-state index contributed by atoms with van der Waals surface area (Å²) in [5.41, 5.74) is 5.88. The molecule has 0 saturated carbocycles. The van der Waals surface area contributed by atoms with Gasteiger partial charge in [0.1, 0.15) is 0 Å². The molecule has 1 nitrogen and oxygen atoms in total. The maximum atomic E-state index is 2.37. The largest absolute Gasteiger partial charge is 0.310 e. The molecule has 0 bridgehead atoms. The Morgan fingerprint density at radius 2 is 0.979 bits per heavy atom. The van der Waals surface area contributed by atoms with E-state index in [0.717, 1.165) is 17.1 Å². The lowest BCUT2D eigenvalue weighted by atomic mass is 9.92. The summed E-state index contributed by atoms with van der Waals surface area (Å²) >= 11 is 1.87. The summed E-state index contributed by atoms with van der Waals surface area (Å²) in [4.78, 5) is 2.37. The van der Waals surface area contributed by atoms with Gasteiger partial charge in [-0.2, -0.15) is 0 Å². The standard InChI is InChI=1S/C46H29NS/c1-2-12-35(13-3-1)47(37-24-26-44-43(29-37)42-27-33-10-4-5-11-34(33)28-45(42)48-44)36-22-19-31(20-23-36)38-15-8-16-41-40(38)25-21-32-18-17-30-9-6-7-14-39(30)46(32)41/h1-29H. The second kappa shape index (κ2) is 10.8. The number of hydrogen-bond donors (Lipinski definition) is 0. The number of para-hydroxylation sites is 1. The fourth-order valence-electron chi connectivity index (χ4n) is 7.52. The maximum Gasteiger partial charge on any atom is 0.0468 e. The molecule has 0 amide bonds. The lowest BCUT2D eigenvalue weighted by molar-refractivity contribution is 1.29. The summed E-state index contributed by atoms with van der Waals surface area (Å²) in [7, 11) is 0. The molecule has 10 aromatic rings. The first-order chi connectivity index (χ1) is 23.8. The summed E-state index contributed by atoms with van der Waals surface area (Å²) in [6.07, 6.45) is 0. The van der Waals surface area contributed by atoms with E-state index in [1.807, 2.05) is 11.3 Å². The fourth-order valence-corrected chi connectivity index (χ4v) is 8.64. The molecule has 0 saturated heterocycles. The number of rotatable bonds is 4. The lowest BCUT2D eigenvalue weighted by Gasteiger charge is -2.26. The third-order valence-corrected chi connectivity index (χ3v) is 10.9. The normalized spacial score (nSPS) is 11.8. The van der Waals surface area contributed by atoms with Gasteiger partial charge < -0.3 is 4.90 Å². The van der Waals surface area contributed by atoms with Crippen LogP contribution in [0.5, 0.6) is 0 Å². The first kappa shape index (κ1) is 27.2. The average Bonchev–Trinajstić information content (AvgIpc) is 3.51. The van der Waals surface area contributed by atoms with Crippen LogP contribution in [0.2, 0.25) is 0 Å². The number of benzene rings is 9. The molecule has 0 N–H and O–H groups in total. The van der Waals surface area contributed by atoms with Crippen molar-refractivity contribution in [3.05, 3.63) is 176 Å². The monoisotopic (exact) mass is 627 g/mol. The Bertz CT molecular complexity index is 2830. The highest BCUT2D eigenvalue weighted by molar-refractivity contribution is 7.25. The van der Waals surface area contributed by atoms with Crippen molar-refractivity contribution < 1.29 is 0 Å². The zero-order chi connectivity index (χ0) is 31.6. The van der Waals surface area contributed by atoms with Crippen LogP contribution in [0.1, 0.15) is 0 Å². The van der Waals surface area contributed by atoms with Gasteiger partial charge in [-0.25, -0.2) is 0 Å². The number of hydrogen-bond acceptors (Lipinski definition) is 2. The van der Waals surface area contributed by atoms with Gasteiger partial charge in [0.15, 0.2) is 0 Å². The van der Waals surface area contributed by atoms with Crippen LogP contribution in [0.4, 0.5) is 17.1 Å². The predicted octanol–water partition coefficient (Wildman–Crippen LogP) is 13.8. The molecule has 9 aromatic carbocycles. The highest BCUT2D eigenvalue weighted by Gasteiger charge is 2.16. The zero-order valence-corrected chi connectivity index (χ0v) is 26.9. The molecular weight excluding hydrogens is 599 g/mol. The van der Waals surface area contributed by atoms with E-state index in [1.54, 1.807) is 0 Å². The summed E-state index contributed by atoms with van der Waals surface area (Å²) in [5.74, 6) is 0. The van der Waals surface area contributed by atoms with E-state index in [1.165, 1.54) is 74.4 Å². The fraction of sp³-hybridized carbons (Fsp3) is 0. The van der Waals surface area contributed by atoms with Crippen molar-refractivity contribution in [2.45, 2.75) is 0 Å². The number of fused-ring (bicyclic) bond motifs is 9. The molecule has 1 heterocycles. The highest BCUT2D eigenvalue weighted by Crippen LogP contribution is 2.43. The van der Waals surface area contributed by atoms with Crippen LogP contribution in [0.15, 0.2) is 176 Å². The Kier molecular flexibility index (Phi) is 6.12. The molecule has 0 unspecified atom stereocenters. The summed E-state index contributed by atoms with van der Waals surface area (Å²) < 4.78 is 2.64. The molecule has 0 aliphatic rings. The topological polar surface area (TPSA) is 3.24 Å². The van der Waals surface area contributed by atoms with Crippen LogP contribution in [-0.4, -0.2) is 0 Å². The van der Waals surface area contributed by atoms with Gasteiger partial charge in [0, 0.05) is 37.2 Å². The first-order valence-electron chi connectivity index (χ1n) is 16.4. The van der Waals surface area contributed by atoms with Gasteiger partial charge in [-0.1, -0.05) is 121 Å². The Balaban J connectivity index is 1.11. The van der Waals surface area contributed by atoms with Gasteiger partial charge in [-0.3, -0.25) is 0 Å². The minimum atomic E-state index is 1.13. The predicted molar refractivity (Wildman–Crippen MR) is 209 cm³/mol. The second-order valence-electron chi connectivity index (χ2n) is 12.5. The van der Waals surface area contributed by atoms with Gasteiger partial charge in [0.05, 0.1) is 0 Å². The van der Waals surface area contributed by atoms with E-state index in [9.17, 15) is 0 Å². The van der Waals surface area contributed by atoms with E-state index in [-0.39, 0.29) is 0 Å². The highest BCUT2D eigenvalue weighted by atomic mass is 32.1. The second-order valence-corrected chi connectivity index (χ2v) is 13.6. The van der Waals surface area contributed by atoms with Gasteiger partial charge >= 0.3 is 0 Å². The van der Waals surface area contributed by atoms with E-state index < -0.39 is 0 Å². The van der Waals surface area contributed by atoms with Crippen LogP contribution in [0, 0.1) is 0 Å².